The minimum absolute atomic E-state index is 0.895. The molecule has 0 N–H and O–H groups in total. The van der Waals surface area contributed by atoms with E-state index in [4.69, 9.17) is 9.40 Å². The van der Waals surface area contributed by atoms with Crippen LogP contribution in [0.1, 0.15) is 20.3 Å². The number of furan rings is 1. The topological polar surface area (TPSA) is 26.0 Å². The second kappa shape index (κ2) is 10.4. The summed E-state index contributed by atoms with van der Waals surface area (Å²) in [5, 5.41) is 13.6. The van der Waals surface area contributed by atoms with E-state index in [-0.39, 0.29) is 0 Å². The summed E-state index contributed by atoms with van der Waals surface area (Å²) in [4.78, 5) is 4.79. The number of hydrogen-bond donors (Lipinski definition) is 0. The van der Waals surface area contributed by atoms with E-state index >= 15 is 0 Å². The summed E-state index contributed by atoms with van der Waals surface area (Å²) in [6.45, 7) is 4.36. The summed E-state index contributed by atoms with van der Waals surface area (Å²) in [5.74, 6) is 0. The lowest BCUT2D eigenvalue weighted by molar-refractivity contribution is 0.669. The van der Waals surface area contributed by atoms with E-state index in [9.17, 15) is 0 Å². The number of hydrogen-bond acceptors (Lipinski definition) is 2. The van der Waals surface area contributed by atoms with Crippen molar-refractivity contribution in [1.82, 2.24) is 4.98 Å². The zero-order chi connectivity index (χ0) is 30.8. The van der Waals surface area contributed by atoms with Crippen molar-refractivity contribution in [2.45, 2.75) is 20.3 Å². The highest BCUT2D eigenvalue weighted by Gasteiger charge is 2.14. The Labute approximate surface area is 266 Å². The van der Waals surface area contributed by atoms with Crippen LogP contribution in [0.4, 0.5) is 0 Å². The molecule has 9 aromatic rings. The molecule has 9 rings (SSSR count). The Balaban J connectivity index is 1.25. The molecule has 2 aromatic heterocycles. The molecule has 2 heterocycles. The third-order valence-electron chi connectivity index (χ3n) is 9.53. The second-order valence-corrected chi connectivity index (χ2v) is 12.1. The van der Waals surface area contributed by atoms with Crippen LogP contribution in [-0.4, -0.2) is 4.98 Å². The van der Waals surface area contributed by atoms with Crippen molar-refractivity contribution < 1.29 is 4.42 Å². The number of rotatable bonds is 3. The van der Waals surface area contributed by atoms with Crippen LogP contribution < -0.4 is 10.4 Å². The van der Waals surface area contributed by atoms with E-state index in [1.165, 1.54) is 59.4 Å². The first-order valence-electron chi connectivity index (χ1n) is 16.1. The predicted octanol–water partition coefficient (Wildman–Crippen LogP) is 10.9. The molecule has 218 valence electrons. The van der Waals surface area contributed by atoms with Crippen LogP contribution in [0, 0.1) is 0 Å². The Kier molecular flexibility index (Phi) is 6.04. The smallest absolute Gasteiger partial charge is 0.135 e. The zero-order valence-electron chi connectivity index (χ0n) is 25.8. The molecule has 0 unspecified atom stereocenters. The van der Waals surface area contributed by atoms with Crippen LogP contribution in [0.15, 0.2) is 132 Å². The van der Waals surface area contributed by atoms with Crippen molar-refractivity contribution in [2.24, 2.45) is 0 Å². The van der Waals surface area contributed by atoms with Gasteiger partial charge in [-0.1, -0.05) is 104 Å². The van der Waals surface area contributed by atoms with Crippen molar-refractivity contribution in [3.05, 3.63) is 138 Å². The van der Waals surface area contributed by atoms with E-state index in [1.807, 2.05) is 12.3 Å². The highest BCUT2D eigenvalue weighted by molar-refractivity contribution is 6.15. The summed E-state index contributed by atoms with van der Waals surface area (Å²) in [5.41, 5.74) is 7.54. The fourth-order valence-electron chi connectivity index (χ4n) is 7.44. The van der Waals surface area contributed by atoms with Gasteiger partial charge >= 0.3 is 0 Å². The van der Waals surface area contributed by atoms with Crippen LogP contribution in [-0.2, 0) is 0 Å². The van der Waals surface area contributed by atoms with E-state index < -0.39 is 0 Å². The van der Waals surface area contributed by atoms with Crippen LogP contribution in [0.25, 0.3) is 99.6 Å². The van der Waals surface area contributed by atoms with Gasteiger partial charge in [0.05, 0.1) is 5.52 Å². The Morgan fingerprint density at radius 2 is 1.24 bits per heavy atom. The molecule has 7 aromatic carbocycles. The highest BCUT2D eigenvalue weighted by Crippen LogP contribution is 2.38. The molecule has 0 amide bonds. The molecule has 0 aliphatic rings. The molecule has 2 heteroatoms. The fourth-order valence-corrected chi connectivity index (χ4v) is 7.44. The molecule has 46 heavy (non-hydrogen) atoms. The standard InChI is InChI=1S/C44H31NO/c1-3-9-34-32(4-2)37-20-17-29(24-38(37)36-13-6-5-12-35(34)36)30-18-21-41-39(25-30)40-26-31(19-22-42(40)46-41)33-14-7-10-27-15-16-28-11-8-23-45-44(28)43(27)33/h4-26H,3H2,1-2H3/b32-4+,34-9+. The summed E-state index contributed by atoms with van der Waals surface area (Å²) in [6.07, 6.45) is 7.50. The normalized spacial score (nSPS) is 12.9. The molecule has 0 atom stereocenters. The number of pyridine rings is 1. The summed E-state index contributed by atoms with van der Waals surface area (Å²) < 4.78 is 6.37. The lowest BCUT2D eigenvalue weighted by atomic mass is 9.93. The molecule has 0 aliphatic carbocycles. The number of nitrogens with zero attached hydrogens (tertiary/aromatic N) is 1. The minimum atomic E-state index is 0.895. The first-order chi connectivity index (χ1) is 22.7. The maximum Gasteiger partial charge on any atom is 0.135 e. The van der Waals surface area contributed by atoms with E-state index in [1.54, 1.807) is 0 Å². The largest absolute Gasteiger partial charge is 0.456 e. The maximum absolute atomic E-state index is 6.37. The van der Waals surface area contributed by atoms with Gasteiger partial charge in [0, 0.05) is 27.7 Å². The van der Waals surface area contributed by atoms with Gasteiger partial charge in [-0.05, 0) is 109 Å². The molecule has 0 spiro atoms. The molecular formula is C44H31NO. The Morgan fingerprint density at radius 1 is 0.565 bits per heavy atom. The SMILES string of the molecule is C/C=c1\c(=C/CC)c2ccccc2c2cc(-c3ccc4oc5ccc(-c6cccc7ccc8cccnc8c67)cc5c4c3)ccc12. The summed E-state index contributed by atoms with van der Waals surface area (Å²) in [7, 11) is 0. The van der Waals surface area contributed by atoms with Crippen LogP contribution in [0.3, 0.4) is 0 Å². The Bertz CT molecular complexity index is 2800. The van der Waals surface area contributed by atoms with Gasteiger partial charge in [-0.3, -0.25) is 4.98 Å². The van der Waals surface area contributed by atoms with Crippen molar-refractivity contribution in [1.29, 1.82) is 0 Å². The van der Waals surface area contributed by atoms with Crippen molar-refractivity contribution in [2.75, 3.05) is 0 Å². The average molecular weight is 590 g/mol. The van der Waals surface area contributed by atoms with Crippen LogP contribution >= 0.6 is 0 Å². The molecule has 0 fully saturated rings. The van der Waals surface area contributed by atoms with Crippen molar-refractivity contribution in [3.8, 4) is 22.3 Å². The van der Waals surface area contributed by atoms with Gasteiger partial charge in [-0.25, -0.2) is 0 Å². The molecule has 2 nitrogen and oxygen atoms in total. The number of benzene rings is 7. The predicted molar refractivity (Wildman–Crippen MR) is 197 cm³/mol. The molecule has 0 saturated heterocycles. The fraction of sp³-hybridized carbons (Fsp3) is 0.0682. The van der Waals surface area contributed by atoms with Crippen LogP contribution in [0.2, 0.25) is 0 Å². The van der Waals surface area contributed by atoms with Gasteiger partial charge in [0.1, 0.15) is 11.2 Å². The quantitative estimate of drug-likeness (QED) is 0.192. The molecule has 0 aliphatic heterocycles. The van der Waals surface area contributed by atoms with Gasteiger partial charge in [-0.2, -0.15) is 0 Å². The molecule has 0 bridgehead atoms. The van der Waals surface area contributed by atoms with E-state index in [0.717, 1.165) is 44.8 Å². The lowest BCUT2D eigenvalue weighted by Crippen LogP contribution is -2.26. The number of aromatic nitrogens is 1. The summed E-state index contributed by atoms with van der Waals surface area (Å²) in [6, 6.07) is 43.9. The van der Waals surface area contributed by atoms with Crippen molar-refractivity contribution in [3.63, 3.8) is 0 Å². The van der Waals surface area contributed by atoms with Gasteiger partial charge in [0.2, 0.25) is 0 Å². The molecular weight excluding hydrogens is 558 g/mol. The van der Waals surface area contributed by atoms with Gasteiger partial charge < -0.3 is 4.42 Å². The van der Waals surface area contributed by atoms with Crippen LogP contribution in [0.5, 0.6) is 0 Å². The highest BCUT2D eigenvalue weighted by atomic mass is 16.3. The summed E-state index contributed by atoms with van der Waals surface area (Å²) >= 11 is 0. The third kappa shape index (κ3) is 4.00. The third-order valence-corrected chi connectivity index (χ3v) is 9.53. The first-order valence-corrected chi connectivity index (χ1v) is 16.1. The van der Waals surface area contributed by atoms with E-state index in [2.05, 4.69) is 141 Å². The lowest BCUT2D eigenvalue weighted by Gasteiger charge is -2.11. The Morgan fingerprint density at radius 3 is 2.04 bits per heavy atom. The monoisotopic (exact) mass is 589 g/mol. The van der Waals surface area contributed by atoms with Gasteiger partial charge in [0.25, 0.3) is 0 Å². The number of fused-ring (bicyclic) bond motifs is 9. The van der Waals surface area contributed by atoms with Gasteiger partial charge in [-0.15, -0.1) is 0 Å². The second-order valence-electron chi connectivity index (χ2n) is 12.1. The molecule has 0 radical (unpaired) electrons. The van der Waals surface area contributed by atoms with Gasteiger partial charge in [0.15, 0.2) is 0 Å². The zero-order valence-corrected chi connectivity index (χ0v) is 25.8. The van der Waals surface area contributed by atoms with E-state index in [0.29, 0.717) is 0 Å². The first kappa shape index (κ1) is 26.7. The molecule has 0 saturated carbocycles. The Hall–Kier alpha value is -5.73. The average Bonchev–Trinajstić information content (AvgIpc) is 3.48. The van der Waals surface area contributed by atoms with Crippen molar-refractivity contribution >= 4 is 77.3 Å². The maximum atomic E-state index is 6.37. The minimum Gasteiger partial charge on any atom is -0.456 e.